The molecule has 0 radical (unpaired) electrons. The van der Waals surface area contributed by atoms with Gasteiger partial charge in [-0.05, 0) is 10.5 Å². The summed E-state index contributed by atoms with van der Waals surface area (Å²) in [5.41, 5.74) is 0.132. The average Bonchev–Trinajstić information content (AvgIpc) is 2.53. The van der Waals surface area contributed by atoms with Crippen molar-refractivity contribution in [2.45, 2.75) is 6.54 Å². The Bertz CT molecular complexity index is 763. The van der Waals surface area contributed by atoms with Crippen LogP contribution in [0.4, 0.5) is 11.5 Å². The molecule has 0 spiro atoms. The molecule has 0 bridgehead atoms. The van der Waals surface area contributed by atoms with Gasteiger partial charge >= 0.3 is 11.4 Å². The number of nitrogens with zero attached hydrogens (tertiary/aromatic N) is 4. The summed E-state index contributed by atoms with van der Waals surface area (Å²) in [4.78, 5) is 24.0. The van der Waals surface area contributed by atoms with Crippen molar-refractivity contribution in [2.24, 2.45) is 7.05 Å². The lowest BCUT2D eigenvalue weighted by Crippen LogP contribution is -2.31. The van der Waals surface area contributed by atoms with Gasteiger partial charge in [0.1, 0.15) is 5.02 Å². The third-order valence-corrected chi connectivity index (χ3v) is 3.56. The summed E-state index contributed by atoms with van der Waals surface area (Å²) in [6, 6.07) is 9.15. The van der Waals surface area contributed by atoms with E-state index in [1.165, 1.54) is 11.9 Å². The largest absolute Gasteiger partial charge is 0.413 e. The number of halogens is 1. The monoisotopic (exact) mass is 338 g/mol. The number of nitro groups is 1. The van der Waals surface area contributed by atoms with Gasteiger partial charge in [0.25, 0.3) is 0 Å². The second kappa shape index (κ2) is 7.21. The standard InChI is InChI=1S/C14H15ClN4O4/c1-17-14(21)11(15)12(13(16-17)19(22)23)18(7-8-20)9-10-5-3-2-4-6-10/h2-6,20H,7-9H2,1H3. The molecule has 0 saturated carbocycles. The molecule has 0 unspecified atom stereocenters. The summed E-state index contributed by atoms with van der Waals surface area (Å²) in [5, 5.41) is 23.9. The van der Waals surface area contributed by atoms with Crippen molar-refractivity contribution in [1.82, 2.24) is 9.78 Å². The zero-order valence-electron chi connectivity index (χ0n) is 12.3. The Hall–Kier alpha value is -2.45. The molecule has 122 valence electrons. The van der Waals surface area contributed by atoms with Crippen LogP contribution in [0.3, 0.4) is 0 Å². The number of rotatable bonds is 6. The average molecular weight is 339 g/mol. The Morgan fingerprint density at radius 1 is 1.39 bits per heavy atom. The van der Waals surface area contributed by atoms with E-state index >= 15 is 0 Å². The van der Waals surface area contributed by atoms with E-state index in [1.54, 1.807) is 0 Å². The van der Waals surface area contributed by atoms with Crippen LogP contribution in [0.2, 0.25) is 5.02 Å². The van der Waals surface area contributed by atoms with Crippen molar-refractivity contribution < 1.29 is 10.0 Å². The number of benzene rings is 1. The van der Waals surface area contributed by atoms with Gasteiger partial charge in [0.2, 0.25) is 0 Å². The van der Waals surface area contributed by atoms with Gasteiger partial charge in [0, 0.05) is 13.1 Å². The molecule has 23 heavy (non-hydrogen) atoms. The van der Waals surface area contributed by atoms with E-state index in [0.29, 0.717) is 0 Å². The van der Waals surface area contributed by atoms with Crippen molar-refractivity contribution in [2.75, 3.05) is 18.1 Å². The number of aliphatic hydroxyl groups is 1. The number of aromatic nitrogens is 2. The highest BCUT2D eigenvalue weighted by Crippen LogP contribution is 2.32. The number of anilines is 1. The molecule has 1 heterocycles. The van der Waals surface area contributed by atoms with E-state index in [0.717, 1.165) is 10.2 Å². The van der Waals surface area contributed by atoms with Gasteiger partial charge in [-0.3, -0.25) is 4.79 Å². The molecule has 1 N–H and O–H groups in total. The topological polar surface area (TPSA) is 102 Å². The molecular weight excluding hydrogens is 324 g/mol. The maximum atomic E-state index is 12.0. The van der Waals surface area contributed by atoms with Crippen LogP contribution in [-0.2, 0) is 13.6 Å². The van der Waals surface area contributed by atoms with Crippen molar-refractivity contribution in [3.63, 3.8) is 0 Å². The number of aliphatic hydroxyl groups excluding tert-OH is 1. The van der Waals surface area contributed by atoms with Crippen molar-refractivity contribution >= 4 is 23.1 Å². The van der Waals surface area contributed by atoms with Crippen LogP contribution in [-0.4, -0.2) is 33.0 Å². The first-order valence-electron chi connectivity index (χ1n) is 6.76. The van der Waals surface area contributed by atoms with Crippen LogP contribution < -0.4 is 10.5 Å². The minimum atomic E-state index is -0.698. The summed E-state index contributed by atoms with van der Waals surface area (Å²) in [5.74, 6) is -0.526. The highest BCUT2D eigenvalue weighted by atomic mass is 35.5. The Labute approximate surface area is 136 Å². The van der Waals surface area contributed by atoms with Crippen LogP contribution in [0.5, 0.6) is 0 Å². The van der Waals surface area contributed by atoms with Gasteiger partial charge in [-0.1, -0.05) is 41.9 Å². The zero-order valence-corrected chi connectivity index (χ0v) is 13.1. The van der Waals surface area contributed by atoms with Crippen LogP contribution in [0.25, 0.3) is 0 Å². The van der Waals surface area contributed by atoms with E-state index in [-0.39, 0.29) is 30.4 Å². The normalized spacial score (nSPS) is 10.6. The molecule has 1 aromatic carbocycles. The first-order valence-corrected chi connectivity index (χ1v) is 7.14. The lowest BCUT2D eigenvalue weighted by atomic mass is 10.2. The van der Waals surface area contributed by atoms with Gasteiger partial charge in [0.15, 0.2) is 5.69 Å². The van der Waals surface area contributed by atoms with Gasteiger partial charge in [-0.15, -0.1) is 4.68 Å². The third kappa shape index (κ3) is 3.66. The molecule has 1 aromatic heterocycles. The lowest BCUT2D eigenvalue weighted by molar-refractivity contribution is -0.389. The maximum Gasteiger partial charge on any atom is 0.413 e. The molecule has 2 aromatic rings. The third-order valence-electron chi connectivity index (χ3n) is 3.22. The van der Waals surface area contributed by atoms with E-state index in [9.17, 15) is 20.0 Å². The predicted molar refractivity (Wildman–Crippen MR) is 85.7 cm³/mol. The fourth-order valence-electron chi connectivity index (χ4n) is 2.17. The molecule has 0 atom stereocenters. The van der Waals surface area contributed by atoms with E-state index in [1.807, 2.05) is 30.3 Å². The summed E-state index contributed by atoms with van der Waals surface area (Å²) in [6.45, 7) is 0.0661. The van der Waals surface area contributed by atoms with Gasteiger partial charge in [-0.25, -0.2) is 0 Å². The molecule has 0 amide bonds. The predicted octanol–water partition coefficient (Wildman–Crippen LogP) is 1.34. The van der Waals surface area contributed by atoms with Gasteiger partial charge < -0.3 is 20.1 Å². The van der Waals surface area contributed by atoms with Crippen molar-refractivity contribution in [3.05, 3.63) is 61.4 Å². The smallest absolute Gasteiger partial charge is 0.395 e. The first-order chi connectivity index (χ1) is 11.0. The molecule has 0 saturated heterocycles. The van der Waals surface area contributed by atoms with Crippen LogP contribution in [0, 0.1) is 10.1 Å². The molecule has 8 nitrogen and oxygen atoms in total. The number of aryl methyl sites for hydroxylation is 1. The molecule has 0 aliphatic rings. The molecule has 2 rings (SSSR count). The highest BCUT2D eigenvalue weighted by Gasteiger charge is 2.28. The van der Waals surface area contributed by atoms with E-state index in [4.69, 9.17) is 11.6 Å². The fraction of sp³-hybridized carbons (Fsp3) is 0.286. The number of hydrogen-bond acceptors (Lipinski definition) is 6. The molecule has 0 fully saturated rings. The van der Waals surface area contributed by atoms with Crippen molar-refractivity contribution in [3.8, 4) is 0 Å². The summed E-state index contributed by atoms with van der Waals surface area (Å²) in [7, 11) is 1.29. The van der Waals surface area contributed by atoms with Gasteiger partial charge in [-0.2, -0.15) is 0 Å². The second-order valence-corrected chi connectivity index (χ2v) is 5.18. The second-order valence-electron chi connectivity index (χ2n) is 4.80. The molecule has 9 heteroatoms. The SMILES string of the molecule is Cn1nc([N+](=O)[O-])c(N(CCO)Cc2ccccc2)c(Cl)c1=O. The first kappa shape index (κ1) is 16.9. The molecule has 0 aliphatic carbocycles. The summed E-state index contributed by atoms with van der Waals surface area (Å²) < 4.78 is 0.823. The lowest BCUT2D eigenvalue weighted by Gasteiger charge is -2.24. The van der Waals surface area contributed by atoms with Crippen LogP contribution in [0.15, 0.2) is 35.1 Å². The molecule has 0 aliphatic heterocycles. The maximum absolute atomic E-state index is 12.0. The Balaban J connectivity index is 2.56. The van der Waals surface area contributed by atoms with E-state index in [2.05, 4.69) is 5.10 Å². The van der Waals surface area contributed by atoms with Gasteiger partial charge in [0.05, 0.1) is 18.8 Å². The van der Waals surface area contributed by atoms with Crippen LogP contribution >= 0.6 is 11.6 Å². The summed E-state index contributed by atoms with van der Waals surface area (Å²) >= 11 is 6.04. The minimum absolute atomic E-state index is 0.0737. The Morgan fingerprint density at radius 2 is 2.04 bits per heavy atom. The van der Waals surface area contributed by atoms with E-state index < -0.39 is 16.3 Å². The zero-order chi connectivity index (χ0) is 17.0. The number of hydrogen-bond donors (Lipinski definition) is 1. The quantitative estimate of drug-likeness (QED) is 0.630. The highest BCUT2D eigenvalue weighted by molar-refractivity contribution is 6.33. The Morgan fingerprint density at radius 3 is 2.61 bits per heavy atom. The summed E-state index contributed by atoms with van der Waals surface area (Å²) in [6.07, 6.45) is 0. The fourth-order valence-corrected chi connectivity index (χ4v) is 2.50. The minimum Gasteiger partial charge on any atom is -0.395 e. The molecular formula is C14H15ClN4O4. The van der Waals surface area contributed by atoms with Crippen LogP contribution in [0.1, 0.15) is 5.56 Å². The van der Waals surface area contributed by atoms with Crippen molar-refractivity contribution in [1.29, 1.82) is 0 Å². The Kier molecular flexibility index (Phi) is 5.30.